The second kappa shape index (κ2) is 13.1. The maximum absolute atomic E-state index is 13.0. The summed E-state index contributed by atoms with van der Waals surface area (Å²) >= 11 is 0. The van der Waals surface area contributed by atoms with E-state index < -0.39 is 0 Å². The molecule has 1 N–H and O–H groups in total. The van der Waals surface area contributed by atoms with Crippen molar-refractivity contribution in [2.24, 2.45) is 5.92 Å². The molecule has 2 aromatic rings. The zero-order valence-electron chi connectivity index (χ0n) is 18.6. The number of fused-ring (bicyclic) bond motifs is 2. The van der Waals surface area contributed by atoms with E-state index in [0.29, 0.717) is 12.3 Å². The van der Waals surface area contributed by atoms with Gasteiger partial charge in [-0.25, -0.2) is 0 Å². The van der Waals surface area contributed by atoms with Gasteiger partial charge in [-0.3, -0.25) is 9.69 Å². The molecule has 0 aromatic heterocycles. The van der Waals surface area contributed by atoms with Gasteiger partial charge < -0.3 is 5.32 Å². The van der Waals surface area contributed by atoms with Crippen LogP contribution in [0.2, 0.25) is 0 Å². The summed E-state index contributed by atoms with van der Waals surface area (Å²) in [6.45, 7) is 14.0. The number of carbonyl (C=O) groups excluding carboxylic acids is 1. The predicted molar refractivity (Wildman–Crippen MR) is 122 cm³/mol. The fraction of sp³-hybridized carbons (Fsp3) is 0.480. The predicted octanol–water partition coefficient (Wildman–Crippen LogP) is 6.14. The standard InChI is InChI=1S/C21H26N2O.2C2H6/c1-16(2)15-22-14-13-21(24)23-19-9-5-3-7-17(19)11-12-18-8-4-6-10-20(18)23;2*1-2/h3-10,16,22H,11-15H2,1-2H3;2*1-2H3. The summed E-state index contributed by atoms with van der Waals surface area (Å²) in [5, 5.41) is 3.37. The van der Waals surface area contributed by atoms with Crippen molar-refractivity contribution in [1.82, 2.24) is 5.32 Å². The Kier molecular flexibility index (Phi) is 11.2. The van der Waals surface area contributed by atoms with Crippen LogP contribution in [0.4, 0.5) is 11.4 Å². The van der Waals surface area contributed by atoms with E-state index in [1.165, 1.54) is 11.1 Å². The first-order valence-electron chi connectivity index (χ1n) is 10.9. The maximum atomic E-state index is 13.0. The summed E-state index contributed by atoms with van der Waals surface area (Å²) in [5.41, 5.74) is 4.57. The Morgan fingerprint density at radius 1 is 0.893 bits per heavy atom. The second-order valence-electron chi connectivity index (χ2n) is 6.83. The van der Waals surface area contributed by atoms with E-state index in [1.54, 1.807) is 0 Å². The van der Waals surface area contributed by atoms with Crippen molar-refractivity contribution >= 4 is 17.3 Å². The van der Waals surface area contributed by atoms with Gasteiger partial charge in [0.1, 0.15) is 0 Å². The number of rotatable bonds is 5. The van der Waals surface area contributed by atoms with Crippen LogP contribution in [-0.4, -0.2) is 19.0 Å². The number of benzene rings is 2. The number of amides is 1. The first kappa shape index (κ1) is 23.9. The van der Waals surface area contributed by atoms with Crippen LogP contribution in [0.1, 0.15) is 59.1 Å². The number of anilines is 2. The van der Waals surface area contributed by atoms with Crippen molar-refractivity contribution in [3.63, 3.8) is 0 Å². The molecule has 0 saturated heterocycles. The molecule has 3 rings (SSSR count). The molecular weight excluding hydrogens is 344 g/mol. The largest absolute Gasteiger partial charge is 0.316 e. The summed E-state index contributed by atoms with van der Waals surface area (Å²) in [6.07, 6.45) is 2.46. The van der Waals surface area contributed by atoms with Crippen molar-refractivity contribution in [1.29, 1.82) is 0 Å². The summed E-state index contributed by atoms with van der Waals surface area (Å²) < 4.78 is 0. The van der Waals surface area contributed by atoms with Gasteiger partial charge in [0.15, 0.2) is 0 Å². The highest BCUT2D eigenvalue weighted by molar-refractivity contribution is 6.02. The third kappa shape index (κ3) is 6.49. The highest BCUT2D eigenvalue weighted by atomic mass is 16.2. The summed E-state index contributed by atoms with van der Waals surface area (Å²) in [4.78, 5) is 14.9. The number of hydrogen-bond acceptors (Lipinski definition) is 2. The molecule has 28 heavy (non-hydrogen) atoms. The van der Waals surface area contributed by atoms with Crippen molar-refractivity contribution in [3.05, 3.63) is 59.7 Å². The molecule has 2 aromatic carbocycles. The normalized spacial score (nSPS) is 11.9. The minimum Gasteiger partial charge on any atom is -0.316 e. The van der Waals surface area contributed by atoms with Crippen molar-refractivity contribution in [2.75, 3.05) is 18.0 Å². The Morgan fingerprint density at radius 2 is 1.36 bits per heavy atom. The van der Waals surface area contributed by atoms with Crippen LogP contribution in [0.15, 0.2) is 48.5 Å². The van der Waals surface area contributed by atoms with Gasteiger partial charge in [-0.15, -0.1) is 0 Å². The van der Waals surface area contributed by atoms with Crippen LogP contribution in [0.5, 0.6) is 0 Å². The maximum Gasteiger partial charge on any atom is 0.232 e. The van der Waals surface area contributed by atoms with Gasteiger partial charge in [0.2, 0.25) is 5.91 Å². The van der Waals surface area contributed by atoms with Crippen LogP contribution >= 0.6 is 0 Å². The van der Waals surface area contributed by atoms with Crippen molar-refractivity contribution < 1.29 is 4.79 Å². The average molecular weight is 383 g/mol. The van der Waals surface area contributed by atoms with Gasteiger partial charge >= 0.3 is 0 Å². The Morgan fingerprint density at radius 3 is 1.82 bits per heavy atom. The summed E-state index contributed by atoms with van der Waals surface area (Å²) in [6, 6.07) is 16.6. The quantitative estimate of drug-likeness (QED) is 0.630. The minimum absolute atomic E-state index is 0.160. The zero-order valence-corrected chi connectivity index (χ0v) is 18.6. The molecule has 0 bridgehead atoms. The van der Waals surface area contributed by atoms with Crippen LogP contribution in [0, 0.1) is 5.92 Å². The number of carbonyl (C=O) groups is 1. The SMILES string of the molecule is CC.CC.CC(C)CNCCC(=O)N1c2ccccc2CCc2ccccc21. The number of nitrogens with one attached hydrogen (secondary N) is 1. The van der Waals surface area contributed by atoms with E-state index in [2.05, 4.69) is 55.6 Å². The molecule has 1 aliphatic heterocycles. The molecule has 0 fully saturated rings. The lowest BCUT2D eigenvalue weighted by Gasteiger charge is -2.25. The van der Waals surface area contributed by atoms with Crippen molar-refractivity contribution in [2.45, 2.75) is 60.8 Å². The van der Waals surface area contributed by atoms with E-state index >= 15 is 0 Å². The molecule has 154 valence electrons. The number of aryl methyl sites for hydroxylation is 2. The lowest BCUT2D eigenvalue weighted by molar-refractivity contribution is -0.117. The zero-order chi connectivity index (χ0) is 20.9. The van der Waals surface area contributed by atoms with E-state index in [0.717, 1.165) is 37.3 Å². The molecular formula is C25H38N2O. The van der Waals surface area contributed by atoms with Crippen LogP contribution in [0.3, 0.4) is 0 Å². The molecule has 1 aliphatic rings. The van der Waals surface area contributed by atoms with E-state index in [9.17, 15) is 4.79 Å². The van der Waals surface area contributed by atoms with Gasteiger partial charge in [0, 0.05) is 13.0 Å². The van der Waals surface area contributed by atoms with Gasteiger partial charge in [0.25, 0.3) is 0 Å². The lowest BCUT2D eigenvalue weighted by atomic mass is 10.0. The summed E-state index contributed by atoms with van der Waals surface area (Å²) in [7, 11) is 0. The first-order valence-corrected chi connectivity index (χ1v) is 10.9. The highest BCUT2D eigenvalue weighted by Gasteiger charge is 2.24. The lowest BCUT2D eigenvalue weighted by Crippen LogP contribution is -2.31. The summed E-state index contributed by atoms with van der Waals surface area (Å²) in [5.74, 6) is 0.757. The number of para-hydroxylation sites is 2. The minimum atomic E-state index is 0.160. The Hall–Kier alpha value is -2.13. The smallest absolute Gasteiger partial charge is 0.232 e. The fourth-order valence-electron chi connectivity index (χ4n) is 3.25. The Labute approximate surface area is 172 Å². The van der Waals surface area contributed by atoms with Gasteiger partial charge in [-0.1, -0.05) is 77.9 Å². The first-order chi connectivity index (χ1) is 13.7. The topological polar surface area (TPSA) is 32.3 Å². The highest BCUT2D eigenvalue weighted by Crippen LogP contribution is 2.36. The Bertz CT molecular complexity index is 662. The van der Waals surface area contributed by atoms with Crippen LogP contribution in [-0.2, 0) is 17.6 Å². The molecule has 0 saturated carbocycles. The van der Waals surface area contributed by atoms with Crippen LogP contribution in [0.25, 0.3) is 0 Å². The molecule has 1 amide bonds. The second-order valence-corrected chi connectivity index (χ2v) is 6.83. The molecule has 1 heterocycles. The van der Waals surface area contributed by atoms with E-state index in [1.807, 2.05) is 44.7 Å². The van der Waals surface area contributed by atoms with Crippen molar-refractivity contribution in [3.8, 4) is 0 Å². The fourth-order valence-corrected chi connectivity index (χ4v) is 3.25. The third-order valence-corrected chi connectivity index (χ3v) is 4.45. The molecule has 0 aliphatic carbocycles. The van der Waals surface area contributed by atoms with Gasteiger partial charge in [-0.2, -0.15) is 0 Å². The van der Waals surface area contributed by atoms with Crippen LogP contribution < -0.4 is 10.2 Å². The molecule has 0 radical (unpaired) electrons. The monoisotopic (exact) mass is 382 g/mol. The van der Waals surface area contributed by atoms with E-state index in [-0.39, 0.29) is 5.91 Å². The molecule has 0 atom stereocenters. The number of hydrogen-bond donors (Lipinski definition) is 1. The number of nitrogens with zero attached hydrogens (tertiary/aromatic N) is 1. The van der Waals surface area contributed by atoms with Gasteiger partial charge in [0.05, 0.1) is 11.4 Å². The molecule has 3 nitrogen and oxygen atoms in total. The molecule has 0 unspecified atom stereocenters. The molecule has 0 spiro atoms. The van der Waals surface area contributed by atoms with E-state index in [4.69, 9.17) is 0 Å². The molecule has 3 heteroatoms. The third-order valence-electron chi connectivity index (χ3n) is 4.45. The average Bonchev–Trinajstić information content (AvgIpc) is 2.91. The Balaban J connectivity index is 0.000000921. The van der Waals surface area contributed by atoms with Gasteiger partial charge in [-0.05, 0) is 48.6 Å².